The molecule has 0 aliphatic carbocycles. The zero-order chi connectivity index (χ0) is 16.6. The van der Waals surface area contributed by atoms with Crippen LogP contribution in [0.15, 0.2) is 35.4 Å². The number of hydrazone groups is 1. The number of nitro groups is 1. The van der Waals surface area contributed by atoms with Crippen LogP contribution in [0.5, 0.6) is 0 Å². The molecular formula is C18H18N3O2Y-. The van der Waals surface area contributed by atoms with Gasteiger partial charge in [0.25, 0.3) is 5.69 Å². The summed E-state index contributed by atoms with van der Waals surface area (Å²) in [6.07, 6.45) is 0.866. The summed E-state index contributed by atoms with van der Waals surface area (Å²) in [5, 5.41) is 15.6. The third-order valence-electron chi connectivity index (χ3n) is 4.03. The molecule has 121 valence electrons. The molecule has 0 bridgehead atoms. The zero-order valence-corrected chi connectivity index (χ0v) is 16.8. The molecule has 0 aromatic heterocycles. The number of nitrogens with one attached hydrogen (secondary N) is 1. The molecule has 2 aromatic carbocycles. The number of hydrogen-bond donors (Lipinski definition) is 1. The monoisotopic (exact) mass is 397 g/mol. The second kappa shape index (κ2) is 7.53. The summed E-state index contributed by atoms with van der Waals surface area (Å²) in [5.74, 6) is 0. The van der Waals surface area contributed by atoms with E-state index in [0.717, 1.165) is 28.8 Å². The van der Waals surface area contributed by atoms with Crippen LogP contribution in [0, 0.1) is 30.0 Å². The number of hydrogen-bond acceptors (Lipinski definition) is 4. The van der Waals surface area contributed by atoms with Crippen LogP contribution in [-0.4, -0.2) is 16.7 Å². The maximum atomic E-state index is 11.0. The van der Waals surface area contributed by atoms with Crippen molar-refractivity contribution in [3.63, 3.8) is 0 Å². The Kier molecular flexibility index (Phi) is 5.89. The van der Waals surface area contributed by atoms with E-state index in [1.165, 1.54) is 5.56 Å². The Bertz CT molecular complexity index is 818. The molecule has 2 aromatic rings. The predicted octanol–water partition coefficient (Wildman–Crippen LogP) is 3.30. The molecule has 1 N–H and O–H groups in total. The largest absolute Gasteiger partial charge is 0.307 e. The standard InChI is InChI=1S/C18H18N3O2.Y/c1-11-4-5-14-10-13(3)19-20-18(16(14)8-11)15-6-7-17(21(22)23)12(2)9-15;/h5-9,13,19H,10H2,1-3H3;/q-1;. The number of nitro benzene ring substituents is 1. The Hall–Kier alpha value is -1.59. The molecule has 0 fully saturated rings. The third-order valence-corrected chi connectivity index (χ3v) is 4.03. The average Bonchev–Trinajstić information content (AvgIpc) is 2.65. The van der Waals surface area contributed by atoms with E-state index in [-0.39, 0.29) is 49.4 Å². The maximum Gasteiger partial charge on any atom is 0.272 e. The minimum Gasteiger partial charge on any atom is -0.307 e. The number of benzene rings is 2. The van der Waals surface area contributed by atoms with Gasteiger partial charge in [-0.3, -0.25) is 10.1 Å². The van der Waals surface area contributed by atoms with E-state index in [1.54, 1.807) is 19.1 Å². The van der Waals surface area contributed by atoms with E-state index in [0.29, 0.717) is 5.56 Å². The van der Waals surface area contributed by atoms with Crippen LogP contribution in [-0.2, 0) is 39.1 Å². The van der Waals surface area contributed by atoms with Gasteiger partial charge in [0.1, 0.15) is 0 Å². The Labute approximate surface area is 166 Å². The van der Waals surface area contributed by atoms with Gasteiger partial charge in [-0.05, 0) is 26.0 Å². The molecule has 3 rings (SSSR count). The van der Waals surface area contributed by atoms with Gasteiger partial charge in [-0.25, -0.2) is 0 Å². The molecule has 1 aliphatic rings. The zero-order valence-electron chi connectivity index (χ0n) is 14.0. The van der Waals surface area contributed by atoms with Crippen LogP contribution in [0.2, 0.25) is 0 Å². The van der Waals surface area contributed by atoms with Gasteiger partial charge in [0.2, 0.25) is 0 Å². The fourth-order valence-corrected chi connectivity index (χ4v) is 2.86. The Morgan fingerprint density at radius 3 is 2.75 bits per heavy atom. The Morgan fingerprint density at radius 2 is 2.08 bits per heavy atom. The van der Waals surface area contributed by atoms with Crippen LogP contribution >= 0.6 is 0 Å². The van der Waals surface area contributed by atoms with Gasteiger partial charge in [0.15, 0.2) is 0 Å². The molecule has 24 heavy (non-hydrogen) atoms. The van der Waals surface area contributed by atoms with Crippen molar-refractivity contribution in [2.75, 3.05) is 0 Å². The van der Waals surface area contributed by atoms with E-state index in [1.807, 2.05) is 19.1 Å². The topological polar surface area (TPSA) is 67.5 Å². The molecule has 0 saturated heterocycles. The smallest absolute Gasteiger partial charge is 0.272 e. The van der Waals surface area contributed by atoms with Crippen LogP contribution in [0.1, 0.15) is 34.7 Å². The van der Waals surface area contributed by atoms with Crippen molar-refractivity contribution >= 4 is 11.4 Å². The van der Waals surface area contributed by atoms with E-state index < -0.39 is 0 Å². The minimum absolute atomic E-state index is 0. The fraction of sp³-hybridized carbons (Fsp3) is 0.278. The SMILES string of the molecule is Cc1[c-]cc2c(c1)C(c1ccc([N+](=O)[O-])c(C)c1)=NNC(C)C2.[Y]. The molecule has 1 atom stereocenters. The summed E-state index contributed by atoms with van der Waals surface area (Å²) in [7, 11) is 0. The summed E-state index contributed by atoms with van der Waals surface area (Å²) in [6, 6.07) is 12.7. The first-order valence-corrected chi connectivity index (χ1v) is 7.56. The van der Waals surface area contributed by atoms with Crippen molar-refractivity contribution in [3.8, 4) is 0 Å². The van der Waals surface area contributed by atoms with Gasteiger partial charge >= 0.3 is 0 Å². The molecular weight excluding hydrogens is 379 g/mol. The first-order chi connectivity index (χ1) is 11.0. The average molecular weight is 397 g/mol. The normalized spacial score (nSPS) is 16.1. The molecule has 5 nitrogen and oxygen atoms in total. The van der Waals surface area contributed by atoms with Gasteiger partial charge < -0.3 is 5.43 Å². The predicted molar refractivity (Wildman–Crippen MR) is 89.8 cm³/mol. The van der Waals surface area contributed by atoms with Crippen LogP contribution in [0.3, 0.4) is 0 Å². The number of nitrogens with zero attached hydrogens (tertiary/aromatic N) is 2. The quantitative estimate of drug-likeness (QED) is 0.481. The second-order valence-corrected chi connectivity index (χ2v) is 6.01. The van der Waals surface area contributed by atoms with E-state index in [4.69, 9.17) is 0 Å². The second-order valence-electron chi connectivity index (χ2n) is 6.01. The third kappa shape index (κ3) is 3.73. The number of fused-ring (bicyclic) bond motifs is 1. The van der Waals surface area contributed by atoms with Crippen molar-refractivity contribution in [2.24, 2.45) is 5.10 Å². The van der Waals surface area contributed by atoms with Crippen LogP contribution < -0.4 is 5.43 Å². The Balaban J connectivity index is 0.00000208. The van der Waals surface area contributed by atoms with Crippen molar-refractivity contribution < 1.29 is 37.6 Å². The summed E-state index contributed by atoms with van der Waals surface area (Å²) in [5.41, 5.74) is 8.90. The summed E-state index contributed by atoms with van der Waals surface area (Å²) in [4.78, 5) is 10.6. The fourth-order valence-electron chi connectivity index (χ4n) is 2.86. The molecule has 1 heterocycles. The molecule has 6 heteroatoms. The molecule has 1 unspecified atom stereocenters. The van der Waals surface area contributed by atoms with Crippen molar-refractivity contribution in [3.05, 3.63) is 74.3 Å². The first kappa shape index (κ1) is 18.7. The van der Waals surface area contributed by atoms with Crippen LogP contribution in [0.4, 0.5) is 5.69 Å². The van der Waals surface area contributed by atoms with Crippen LogP contribution in [0.25, 0.3) is 0 Å². The van der Waals surface area contributed by atoms with Crippen molar-refractivity contribution in [1.82, 2.24) is 5.43 Å². The van der Waals surface area contributed by atoms with Gasteiger partial charge in [0, 0.05) is 55.9 Å². The molecule has 1 radical (unpaired) electrons. The summed E-state index contributed by atoms with van der Waals surface area (Å²) >= 11 is 0. The summed E-state index contributed by atoms with van der Waals surface area (Å²) in [6.45, 7) is 5.83. The van der Waals surface area contributed by atoms with Gasteiger partial charge in [-0.15, -0.1) is 11.1 Å². The Morgan fingerprint density at radius 1 is 1.33 bits per heavy atom. The molecule has 0 amide bonds. The van der Waals surface area contributed by atoms with Gasteiger partial charge in [-0.2, -0.15) is 28.9 Å². The molecule has 0 spiro atoms. The van der Waals surface area contributed by atoms with E-state index in [9.17, 15) is 10.1 Å². The molecule has 1 aliphatic heterocycles. The first-order valence-electron chi connectivity index (χ1n) is 7.56. The number of aryl methyl sites for hydroxylation is 2. The number of rotatable bonds is 2. The maximum absolute atomic E-state index is 11.0. The van der Waals surface area contributed by atoms with Crippen molar-refractivity contribution in [1.29, 1.82) is 0 Å². The molecule has 0 saturated carbocycles. The van der Waals surface area contributed by atoms with E-state index in [2.05, 4.69) is 29.6 Å². The van der Waals surface area contributed by atoms with Gasteiger partial charge in [0.05, 0.1) is 10.6 Å². The van der Waals surface area contributed by atoms with Crippen molar-refractivity contribution in [2.45, 2.75) is 33.2 Å². The van der Waals surface area contributed by atoms with Gasteiger partial charge in [-0.1, -0.05) is 13.3 Å². The minimum atomic E-state index is -0.360. The summed E-state index contributed by atoms with van der Waals surface area (Å²) < 4.78 is 0. The van der Waals surface area contributed by atoms with E-state index >= 15 is 0 Å².